The minimum atomic E-state index is -0.928. The Morgan fingerprint density at radius 2 is 1.76 bits per heavy atom. The van der Waals surface area contributed by atoms with E-state index in [9.17, 15) is 14.4 Å². The molecule has 0 aliphatic carbocycles. The van der Waals surface area contributed by atoms with Crippen LogP contribution in [-0.2, 0) is 4.79 Å². The topological polar surface area (TPSA) is 83.7 Å². The van der Waals surface area contributed by atoms with E-state index in [2.05, 4.69) is 0 Å². The molecule has 0 bridgehead atoms. The second-order valence-electron chi connectivity index (χ2n) is 6.82. The number of amides is 2. The maximum Gasteiger partial charge on any atom is 0.268 e. The summed E-state index contributed by atoms with van der Waals surface area (Å²) in [6.45, 7) is 1.83. The lowest BCUT2D eigenvalue weighted by Gasteiger charge is -2.25. The fourth-order valence-corrected chi connectivity index (χ4v) is 4.65. The molecule has 3 heterocycles. The summed E-state index contributed by atoms with van der Waals surface area (Å²) in [5.74, 6) is -0.742. The molecule has 0 saturated heterocycles. The van der Waals surface area contributed by atoms with Crippen molar-refractivity contribution in [3.63, 3.8) is 0 Å². The van der Waals surface area contributed by atoms with Gasteiger partial charge >= 0.3 is 0 Å². The van der Waals surface area contributed by atoms with Crippen molar-refractivity contribution in [3.05, 3.63) is 68.5 Å². The molecular formula is C21H19N3O3S2. The van der Waals surface area contributed by atoms with Crippen LogP contribution in [0.5, 0.6) is 0 Å². The number of nitrogens with two attached hydrogens (primary N) is 1. The number of ketones is 1. The van der Waals surface area contributed by atoms with E-state index in [1.165, 1.54) is 27.6 Å². The van der Waals surface area contributed by atoms with Crippen LogP contribution in [0.3, 0.4) is 0 Å². The molecule has 1 unspecified atom stereocenters. The summed E-state index contributed by atoms with van der Waals surface area (Å²) in [6, 6.07) is 11.7. The third-order valence-corrected chi connectivity index (χ3v) is 6.52. The largest absolute Gasteiger partial charge is 0.318 e. The van der Waals surface area contributed by atoms with Gasteiger partial charge in [-0.1, -0.05) is 18.2 Å². The van der Waals surface area contributed by atoms with Crippen molar-refractivity contribution in [2.75, 3.05) is 22.9 Å². The van der Waals surface area contributed by atoms with E-state index in [1.807, 2.05) is 41.9 Å². The van der Waals surface area contributed by atoms with Crippen LogP contribution in [0.25, 0.3) is 0 Å². The van der Waals surface area contributed by atoms with Gasteiger partial charge in [0, 0.05) is 0 Å². The second kappa shape index (κ2) is 7.90. The molecule has 1 aliphatic rings. The standard InChI is InChI=1S/C21H19N3O3S2/c1-13-6-7-15-16(10-13)24(12-17(25)18-4-2-8-28-18)20(26)14(22)11-23(15)21(27)19-5-3-9-29-19/h2-10,14H,11-12,22H2,1H3. The number of carbonyl (C=O) groups is 3. The van der Waals surface area contributed by atoms with Crippen LogP contribution in [0.1, 0.15) is 24.9 Å². The molecule has 0 saturated carbocycles. The Morgan fingerprint density at radius 3 is 2.41 bits per heavy atom. The number of carbonyl (C=O) groups excluding carboxylic acids is 3. The Kier molecular flexibility index (Phi) is 5.31. The van der Waals surface area contributed by atoms with Gasteiger partial charge in [-0.3, -0.25) is 14.4 Å². The Hall–Kier alpha value is -2.81. The van der Waals surface area contributed by atoms with Gasteiger partial charge in [0.15, 0.2) is 5.78 Å². The third-order valence-electron chi connectivity index (χ3n) is 4.75. The van der Waals surface area contributed by atoms with Gasteiger partial charge in [-0.2, -0.15) is 0 Å². The van der Waals surface area contributed by atoms with Crippen LogP contribution in [0.4, 0.5) is 11.4 Å². The first-order valence-corrected chi connectivity index (χ1v) is 10.8. The zero-order valence-electron chi connectivity index (χ0n) is 15.7. The van der Waals surface area contributed by atoms with Gasteiger partial charge in [0.25, 0.3) is 5.91 Å². The van der Waals surface area contributed by atoms with E-state index in [-0.39, 0.29) is 30.7 Å². The minimum absolute atomic E-state index is 0.0509. The number of nitrogens with zero attached hydrogens (tertiary/aromatic N) is 2. The van der Waals surface area contributed by atoms with E-state index in [1.54, 1.807) is 23.1 Å². The number of hydrogen-bond acceptors (Lipinski definition) is 6. The lowest BCUT2D eigenvalue weighted by atomic mass is 10.1. The molecule has 6 nitrogen and oxygen atoms in total. The SMILES string of the molecule is Cc1ccc2c(c1)N(CC(=O)c1cccs1)C(=O)C(N)CN2C(=O)c1cccs1. The summed E-state index contributed by atoms with van der Waals surface area (Å²) in [4.78, 5) is 43.0. The Labute approximate surface area is 176 Å². The fraction of sp³-hybridized carbons (Fsp3) is 0.190. The molecule has 0 spiro atoms. The van der Waals surface area contributed by atoms with Crippen LogP contribution in [0.2, 0.25) is 0 Å². The molecule has 8 heteroatoms. The molecule has 1 aliphatic heterocycles. The minimum Gasteiger partial charge on any atom is -0.318 e. The lowest BCUT2D eigenvalue weighted by molar-refractivity contribution is -0.119. The van der Waals surface area contributed by atoms with Gasteiger partial charge in [0.2, 0.25) is 5.91 Å². The van der Waals surface area contributed by atoms with E-state index in [4.69, 9.17) is 5.73 Å². The average molecular weight is 426 g/mol. The van der Waals surface area contributed by atoms with Crippen molar-refractivity contribution in [1.29, 1.82) is 0 Å². The van der Waals surface area contributed by atoms with E-state index < -0.39 is 6.04 Å². The molecule has 3 aromatic rings. The van der Waals surface area contributed by atoms with Crippen LogP contribution in [0, 0.1) is 6.92 Å². The van der Waals surface area contributed by atoms with Crippen molar-refractivity contribution >= 4 is 51.6 Å². The molecule has 29 heavy (non-hydrogen) atoms. The summed E-state index contributed by atoms with van der Waals surface area (Å²) < 4.78 is 0. The number of benzene rings is 1. The Morgan fingerprint density at radius 1 is 1.07 bits per heavy atom. The lowest BCUT2D eigenvalue weighted by Crippen LogP contribution is -2.49. The first-order chi connectivity index (χ1) is 14.0. The van der Waals surface area contributed by atoms with Gasteiger partial charge in [0.05, 0.1) is 34.2 Å². The van der Waals surface area contributed by atoms with Crippen LogP contribution >= 0.6 is 22.7 Å². The Balaban J connectivity index is 1.78. The second-order valence-corrected chi connectivity index (χ2v) is 8.71. The monoisotopic (exact) mass is 425 g/mol. The molecule has 2 amide bonds. The summed E-state index contributed by atoms with van der Waals surface area (Å²) in [5.41, 5.74) is 8.20. The van der Waals surface area contributed by atoms with E-state index in [0.717, 1.165) is 5.56 Å². The molecular weight excluding hydrogens is 406 g/mol. The highest BCUT2D eigenvalue weighted by molar-refractivity contribution is 7.12. The molecule has 1 aromatic carbocycles. The summed E-state index contributed by atoms with van der Waals surface area (Å²) in [6.07, 6.45) is 0. The number of anilines is 2. The number of fused-ring (bicyclic) bond motifs is 1. The van der Waals surface area contributed by atoms with E-state index in [0.29, 0.717) is 21.1 Å². The predicted octanol–water partition coefficient (Wildman–Crippen LogP) is 3.32. The average Bonchev–Trinajstić information content (AvgIpc) is 3.41. The molecule has 2 N–H and O–H groups in total. The molecule has 2 aromatic heterocycles. The van der Waals surface area contributed by atoms with Crippen molar-refractivity contribution < 1.29 is 14.4 Å². The van der Waals surface area contributed by atoms with Crippen molar-refractivity contribution in [2.24, 2.45) is 5.73 Å². The maximum atomic E-state index is 13.1. The number of thiophene rings is 2. The van der Waals surface area contributed by atoms with Crippen molar-refractivity contribution in [2.45, 2.75) is 13.0 Å². The first-order valence-electron chi connectivity index (χ1n) is 9.05. The number of rotatable bonds is 4. The highest BCUT2D eigenvalue weighted by Gasteiger charge is 2.35. The Bertz CT molecular complexity index is 1060. The van der Waals surface area contributed by atoms with Gasteiger partial charge in [-0.25, -0.2) is 0 Å². The maximum absolute atomic E-state index is 13.1. The van der Waals surface area contributed by atoms with Crippen molar-refractivity contribution in [1.82, 2.24) is 0 Å². The van der Waals surface area contributed by atoms with Crippen LogP contribution in [-0.4, -0.2) is 36.7 Å². The summed E-state index contributed by atoms with van der Waals surface area (Å²) >= 11 is 2.67. The highest BCUT2D eigenvalue weighted by atomic mass is 32.1. The summed E-state index contributed by atoms with van der Waals surface area (Å²) in [7, 11) is 0. The van der Waals surface area contributed by atoms with E-state index >= 15 is 0 Å². The zero-order valence-corrected chi connectivity index (χ0v) is 17.3. The zero-order chi connectivity index (χ0) is 20.5. The van der Waals surface area contributed by atoms with Crippen LogP contribution < -0.4 is 15.5 Å². The summed E-state index contributed by atoms with van der Waals surface area (Å²) in [5, 5.41) is 3.65. The number of hydrogen-bond donors (Lipinski definition) is 1. The number of Topliss-reactive ketones (excluding diaryl/α,β-unsaturated/α-hetero) is 1. The molecule has 1 atom stereocenters. The third kappa shape index (κ3) is 3.74. The first kappa shape index (κ1) is 19.5. The van der Waals surface area contributed by atoms with Gasteiger partial charge in [-0.05, 0) is 47.5 Å². The smallest absolute Gasteiger partial charge is 0.268 e. The normalized spacial score (nSPS) is 16.5. The number of aryl methyl sites for hydroxylation is 1. The molecule has 4 rings (SSSR count). The molecule has 0 fully saturated rings. The molecule has 148 valence electrons. The van der Waals surface area contributed by atoms with Crippen molar-refractivity contribution in [3.8, 4) is 0 Å². The fourth-order valence-electron chi connectivity index (χ4n) is 3.32. The van der Waals surface area contributed by atoms with Crippen LogP contribution in [0.15, 0.2) is 53.2 Å². The highest BCUT2D eigenvalue weighted by Crippen LogP contribution is 2.35. The van der Waals surface area contributed by atoms with Gasteiger partial charge < -0.3 is 15.5 Å². The van der Waals surface area contributed by atoms with Gasteiger partial charge in [-0.15, -0.1) is 22.7 Å². The van der Waals surface area contributed by atoms with Gasteiger partial charge in [0.1, 0.15) is 6.04 Å². The predicted molar refractivity (Wildman–Crippen MR) is 116 cm³/mol. The molecule has 0 radical (unpaired) electrons. The quantitative estimate of drug-likeness (QED) is 0.650.